The minimum Gasteiger partial charge on any atom is -0.494 e. The molecule has 0 spiro atoms. The number of aliphatic carboxylic acids is 1. The van der Waals surface area contributed by atoms with Crippen molar-refractivity contribution in [1.29, 1.82) is 0 Å². The molecule has 1 aliphatic heterocycles. The monoisotopic (exact) mass is 334 g/mol. The van der Waals surface area contributed by atoms with E-state index in [2.05, 4.69) is 18.7 Å². The second kappa shape index (κ2) is 8.15. The average molecular weight is 334 g/mol. The van der Waals surface area contributed by atoms with Crippen molar-refractivity contribution in [3.63, 3.8) is 0 Å². The lowest BCUT2D eigenvalue weighted by Gasteiger charge is -2.18. The van der Waals surface area contributed by atoms with Crippen LogP contribution in [-0.4, -0.2) is 48.1 Å². The zero-order valence-corrected chi connectivity index (χ0v) is 14.3. The fraction of sp³-hybridized carbons (Fsp3) is 0.556. The summed E-state index contributed by atoms with van der Waals surface area (Å²) in [5.41, 5.74) is 5.65. The van der Waals surface area contributed by atoms with Crippen molar-refractivity contribution >= 4 is 11.9 Å². The van der Waals surface area contributed by atoms with Crippen molar-refractivity contribution in [1.82, 2.24) is 4.90 Å². The molecule has 1 saturated heterocycles. The third kappa shape index (κ3) is 4.71. The van der Waals surface area contributed by atoms with Gasteiger partial charge in [0.15, 0.2) is 0 Å². The number of carbonyl (C=O) groups excluding carboxylic acids is 1. The first-order valence-electron chi connectivity index (χ1n) is 8.36. The zero-order valence-electron chi connectivity index (χ0n) is 14.3. The molecular weight excluding hydrogens is 308 g/mol. The highest BCUT2D eigenvalue weighted by molar-refractivity contribution is 5.92. The molecule has 0 bridgehead atoms. The molecule has 0 radical (unpaired) electrons. The van der Waals surface area contributed by atoms with Crippen LogP contribution in [0.25, 0.3) is 0 Å². The van der Waals surface area contributed by atoms with Crippen molar-refractivity contribution in [2.45, 2.75) is 20.3 Å². The number of rotatable bonds is 8. The Morgan fingerprint density at radius 3 is 2.46 bits per heavy atom. The van der Waals surface area contributed by atoms with E-state index >= 15 is 0 Å². The number of benzene rings is 1. The molecule has 1 aromatic rings. The van der Waals surface area contributed by atoms with Crippen LogP contribution in [0.4, 0.5) is 0 Å². The molecule has 0 unspecified atom stereocenters. The largest absolute Gasteiger partial charge is 0.494 e. The number of carboxylic acids is 1. The van der Waals surface area contributed by atoms with E-state index in [1.165, 1.54) is 0 Å². The molecule has 24 heavy (non-hydrogen) atoms. The Morgan fingerprint density at radius 1 is 1.29 bits per heavy atom. The number of primary amides is 1. The molecule has 132 valence electrons. The summed E-state index contributed by atoms with van der Waals surface area (Å²) in [6.45, 7) is 7.00. The Kier molecular flexibility index (Phi) is 6.20. The van der Waals surface area contributed by atoms with Gasteiger partial charge in [0.25, 0.3) is 0 Å². The Bertz CT molecular complexity index is 571. The van der Waals surface area contributed by atoms with Crippen LogP contribution in [0.3, 0.4) is 0 Å². The summed E-state index contributed by atoms with van der Waals surface area (Å²) in [5, 5.41) is 9.35. The van der Waals surface area contributed by atoms with Gasteiger partial charge in [0.2, 0.25) is 5.91 Å². The van der Waals surface area contributed by atoms with Gasteiger partial charge in [-0.15, -0.1) is 0 Å². The fourth-order valence-corrected chi connectivity index (χ4v) is 3.23. The average Bonchev–Trinajstić information content (AvgIpc) is 2.97. The summed E-state index contributed by atoms with van der Waals surface area (Å²) >= 11 is 0. The predicted octanol–water partition coefficient (Wildman–Crippen LogP) is 1.84. The van der Waals surface area contributed by atoms with Gasteiger partial charge in [-0.2, -0.15) is 0 Å². The van der Waals surface area contributed by atoms with Gasteiger partial charge in [-0.1, -0.05) is 13.8 Å². The molecule has 0 aliphatic carbocycles. The van der Waals surface area contributed by atoms with E-state index in [-0.39, 0.29) is 11.8 Å². The summed E-state index contributed by atoms with van der Waals surface area (Å²) in [7, 11) is 0. The maximum atomic E-state index is 11.4. The second-order valence-corrected chi connectivity index (χ2v) is 6.70. The fourth-order valence-electron chi connectivity index (χ4n) is 3.23. The predicted molar refractivity (Wildman–Crippen MR) is 91.0 cm³/mol. The lowest BCUT2D eigenvalue weighted by molar-refractivity contribution is -0.143. The van der Waals surface area contributed by atoms with Crippen LogP contribution in [0, 0.1) is 17.8 Å². The number of carbonyl (C=O) groups is 2. The van der Waals surface area contributed by atoms with Crippen molar-refractivity contribution < 1.29 is 19.4 Å². The van der Waals surface area contributed by atoms with Crippen molar-refractivity contribution in [2.24, 2.45) is 23.5 Å². The highest BCUT2D eigenvalue weighted by Crippen LogP contribution is 2.29. The molecule has 1 aromatic carbocycles. The van der Waals surface area contributed by atoms with E-state index in [1.54, 1.807) is 24.3 Å². The first kappa shape index (κ1) is 18.3. The Labute approximate surface area is 142 Å². The SMILES string of the molecule is CC(C)[C@@H]1CN(CCCOc2ccc(C(N)=O)cc2)C[C@H]1C(=O)O. The van der Waals surface area contributed by atoms with Gasteiger partial charge >= 0.3 is 5.97 Å². The van der Waals surface area contributed by atoms with Gasteiger partial charge in [0, 0.05) is 25.2 Å². The molecule has 2 atom stereocenters. The van der Waals surface area contributed by atoms with Crippen molar-refractivity contribution in [3.05, 3.63) is 29.8 Å². The standard InChI is InChI=1S/C18H26N2O4/c1-12(2)15-10-20(11-16(15)18(22)23)8-3-9-24-14-6-4-13(5-7-14)17(19)21/h4-7,12,15-16H,3,8-11H2,1-2H3,(H2,19,21)(H,22,23)/t15-,16+/m0/s1. The molecule has 6 heteroatoms. The van der Waals surface area contributed by atoms with Crippen LogP contribution in [0.1, 0.15) is 30.6 Å². The number of amides is 1. The van der Waals surface area contributed by atoms with Crippen LogP contribution >= 0.6 is 0 Å². The van der Waals surface area contributed by atoms with Gasteiger partial charge < -0.3 is 20.5 Å². The van der Waals surface area contributed by atoms with Crippen LogP contribution in [0.5, 0.6) is 5.75 Å². The van der Waals surface area contributed by atoms with Gasteiger partial charge in [-0.05, 0) is 42.5 Å². The summed E-state index contributed by atoms with van der Waals surface area (Å²) < 4.78 is 5.65. The first-order chi connectivity index (χ1) is 11.4. The highest BCUT2D eigenvalue weighted by Gasteiger charge is 2.38. The van der Waals surface area contributed by atoms with Crippen LogP contribution < -0.4 is 10.5 Å². The topological polar surface area (TPSA) is 92.9 Å². The number of nitrogens with zero attached hydrogens (tertiary/aromatic N) is 1. The molecule has 1 fully saturated rings. The Morgan fingerprint density at radius 2 is 1.96 bits per heavy atom. The smallest absolute Gasteiger partial charge is 0.308 e. The summed E-state index contributed by atoms with van der Waals surface area (Å²) in [5.74, 6) is -0.136. The van der Waals surface area contributed by atoms with Crippen molar-refractivity contribution in [2.75, 3.05) is 26.2 Å². The Hall–Kier alpha value is -2.08. The van der Waals surface area contributed by atoms with E-state index in [4.69, 9.17) is 10.5 Å². The normalized spacial score (nSPS) is 21.1. The minimum atomic E-state index is -0.693. The number of ether oxygens (including phenoxy) is 1. The third-order valence-electron chi connectivity index (χ3n) is 4.64. The van der Waals surface area contributed by atoms with Crippen LogP contribution in [0.2, 0.25) is 0 Å². The molecule has 1 amide bonds. The maximum absolute atomic E-state index is 11.4. The minimum absolute atomic E-state index is 0.213. The molecule has 1 heterocycles. The van der Waals surface area contributed by atoms with E-state index in [9.17, 15) is 14.7 Å². The summed E-state index contributed by atoms with van der Waals surface area (Å²) in [4.78, 5) is 24.6. The molecule has 2 rings (SSSR count). The molecule has 3 N–H and O–H groups in total. The Balaban J connectivity index is 1.74. The van der Waals surface area contributed by atoms with Crippen LogP contribution in [-0.2, 0) is 4.79 Å². The van der Waals surface area contributed by atoms with E-state index in [1.807, 2.05) is 0 Å². The number of hydrogen-bond acceptors (Lipinski definition) is 4. The first-order valence-corrected chi connectivity index (χ1v) is 8.36. The van der Waals surface area contributed by atoms with E-state index in [0.717, 1.165) is 19.5 Å². The van der Waals surface area contributed by atoms with Gasteiger partial charge in [0.05, 0.1) is 12.5 Å². The summed E-state index contributed by atoms with van der Waals surface area (Å²) in [6, 6.07) is 6.74. The van der Waals surface area contributed by atoms with Crippen LogP contribution in [0.15, 0.2) is 24.3 Å². The van der Waals surface area contributed by atoms with Crippen molar-refractivity contribution in [3.8, 4) is 5.75 Å². The molecule has 1 aliphatic rings. The number of likely N-dealkylation sites (tertiary alicyclic amines) is 1. The van der Waals surface area contributed by atoms with E-state index in [0.29, 0.717) is 30.4 Å². The number of hydrogen-bond donors (Lipinski definition) is 2. The highest BCUT2D eigenvalue weighted by atomic mass is 16.5. The number of nitrogens with two attached hydrogens (primary N) is 1. The van der Waals surface area contributed by atoms with E-state index < -0.39 is 11.9 Å². The third-order valence-corrected chi connectivity index (χ3v) is 4.64. The lowest BCUT2D eigenvalue weighted by atomic mass is 9.86. The maximum Gasteiger partial charge on any atom is 0.308 e. The zero-order chi connectivity index (χ0) is 17.7. The molecular formula is C18H26N2O4. The second-order valence-electron chi connectivity index (χ2n) is 6.70. The van der Waals surface area contributed by atoms with Gasteiger partial charge in [-0.25, -0.2) is 0 Å². The van der Waals surface area contributed by atoms with Gasteiger partial charge in [0.1, 0.15) is 5.75 Å². The molecule has 6 nitrogen and oxygen atoms in total. The summed E-state index contributed by atoms with van der Waals surface area (Å²) in [6.07, 6.45) is 0.828. The number of carboxylic acid groups (broad SMARTS) is 1. The quantitative estimate of drug-likeness (QED) is 0.708. The molecule has 0 saturated carbocycles. The van der Waals surface area contributed by atoms with Gasteiger partial charge in [-0.3, -0.25) is 9.59 Å². The lowest BCUT2D eigenvalue weighted by Crippen LogP contribution is -2.25. The molecule has 0 aromatic heterocycles.